The van der Waals surface area contributed by atoms with E-state index in [1.165, 1.54) is 0 Å². The third kappa shape index (κ3) is 7.89. The fourth-order valence-electron chi connectivity index (χ4n) is 4.96. The molecule has 0 saturated heterocycles. The quantitative estimate of drug-likeness (QED) is 0.332. The summed E-state index contributed by atoms with van der Waals surface area (Å²) in [5.41, 5.74) is -0.509. The van der Waals surface area contributed by atoms with Crippen LogP contribution in [0.2, 0.25) is 0 Å². The Labute approximate surface area is 218 Å². The number of imidazole rings is 1. The number of ether oxygens (including phenoxy) is 2. The molecule has 37 heavy (non-hydrogen) atoms. The molecule has 9 heteroatoms. The fraction of sp³-hybridized carbons (Fsp3) is 0.571. The van der Waals surface area contributed by atoms with Crippen LogP contribution < -0.4 is 9.88 Å². The summed E-state index contributed by atoms with van der Waals surface area (Å²) in [5, 5.41) is 12.7. The van der Waals surface area contributed by atoms with Crippen molar-refractivity contribution in [3.05, 3.63) is 49.1 Å². The first-order chi connectivity index (χ1) is 17.5. The molecular weight excluding hydrogens is 474 g/mol. The van der Waals surface area contributed by atoms with Crippen molar-refractivity contribution >= 4 is 17.8 Å². The lowest BCUT2D eigenvalue weighted by molar-refractivity contribution is -0.697. The Bertz CT molecular complexity index is 1050. The summed E-state index contributed by atoms with van der Waals surface area (Å²) in [6.07, 6.45) is 9.08. The molecule has 1 aliphatic rings. The fourth-order valence-corrected chi connectivity index (χ4v) is 4.96. The molecule has 1 fully saturated rings. The molecule has 1 aliphatic carbocycles. The third-order valence-corrected chi connectivity index (χ3v) is 6.83. The number of nitrogens with one attached hydrogen (secondary N) is 1. The molecule has 1 aromatic carbocycles. The molecule has 3 rings (SSSR count). The lowest BCUT2D eigenvalue weighted by Gasteiger charge is -2.33. The number of rotatable bonds is 12. The van der Waals surface area contributed by atoms with Crippen LogP contribution in [-0.2, 0) is 30.4 Å². The number of carbonyl (C=O) groups is 3. The molecule has 0 bridgehead atoms. The SMILES string of the molecule is COCC[C@H](CC1(C(=O)N[C@@H](C[n+]2ccn(-c3ccccc3)c2)C(=O)O)CCCC1)C(=O)OC(C)(C)C. The van der Waals surface area contributed by atoms with Crippen LogP contribution in [-0.4, -0.2) is 52.9 Å². The summed E-state index contributed by atoms with van der Waals surface area (Å²) >= 11 is 0. The highest BCUT2D eigenvalue weighted by Crippen LogP contribution is 2.44. The molecule has 1 amide bonds. The van der Waals surface area contributed by atoms with Crippen LogP contribution in [0.15, 0.2) is 49.1 Å². The first-order valence-electron chi connectivity index (χ1n) is 12.9. The van der Waals surface area contributed by atoms with E-state index in [0.29, 0.717) is 32.3 Å². The molecule has 1 saturated carbocycles. The van der Waals surface area contributed by atoms with E-state index < -0.39 is 28.9 Å². The first-order valence-corrected chi connectivity index (χ1v) is 12.9. The van der Waals surface area contributed by atoms with Gasteiger partial charge in [-0.1, -0.05) is 31.0 Å². The van der Waals surface area contributed by atoms with Gasteiger partial charge in [-0.3, -0.25) is 9.59 Å². The normalized spacial score (nSPS) is 16.6. The van der Waals surface area contributed by atoms with E-state index in [9.17, 15) is 19.5 Å². The minimum atomic E-state index is -1.11. The smallest absolute Gasteiger partial charge is 0.330 e. The van der Waals surface area contributed by atoms with Gasteiger partial charge in [-0.05, 0) is 58.6 Å². The second-order valence-electron chi connectivity index (χ2n) is 10.9. The maximum Gasteiger partial charge on any atom is 0.330 e. The number of carboxylic acids is 1. The van der Waals surface area contributed by atoms with Gasteiger partial charge in [0.05, 0.1) is 11.3 Å². The van der Waals surface area contributed by atoms with Crippen LogP contribution in [0.4, 0.5) is 0 Å². The zero-order valence-corrected chi connectivity index (χ0v) is 22.3. The van der Waals surface area contributed by atoms with Gasteiger partial charge in [0.1, 0.15) is 30.2 Å². The number of nitrogens with zero attached hydrogens (tertiary/aromatic N) is 2. The van der Waals surface area contributed by atoms with Gasteiger partial charge in [0.15, 0.2) is 6.04 Å². The van der Waals surface area contributed by atoms with Gasteiger partial charge >= 0.3 is 11.9 Å². The van der Waals surface area contributed by atoms with Crippen LogP contribution in [0.5, 0.6) is 0 Å². The van der Waals surface area contributed by atoms with Crippen molar-refractivity contribution in [2.24, 2.45) is 11.3 Å². The number of hydrogen-bond donors (Lipinski definition) is 2. The van der Waals surface area contributed by atoms with Crippen molar-refractivity contribution in [3.63, 3.8) is 0 Å². The molecule has 0 unspecified atom stereocenters. The van der Waals surface area contributed by atoms with Crippen LogP contribution in [0.25, 0.3) is 5.69 Å². The molecule has 2 N–H and O–H groups in total. The van der Waals surface area contributed by atoms with Crippen LogP contribution in [0.3, 0.4) is 0 Å². The molecule has 2 aromatic rings. The zero-order chi connectivity index (χ0) is 27.1. The first kappa shape index (κ1) is 28.4. The standard InChI is InChI=1S/C28H39N3O6/c1-27(2,3)37-25(34)21(12-17-36-4)18-28(13-8-9-14-28)26(35)29-23(24(32)33)19-30-15-16-31(20-30)22-10-6-5-7-11-22/h5-7,10-11,15-16,20-21,23H,8-9,12-14,17-19H2,1-4H3,(H-,29,32,33,35)/p+1/t21-,23+/m1/s1. The summed E-state index contributed by atoms with van der Waals surface area (Å²) < 4.78 is 14.5. The van der Waals surface area contributed by atoms with Gasteiger partial charge in [-0.2, -0.15) is 0 Å². The largest absolute Gasteiger partial charge is 0.480 e. The Morgan fingerprint density at radius 3 is 2.43 bits per heavy atom. The lowest BCUT2D eigenvalue weighted by atomic mass is 9.75. The van der Waals surface area contributed by atoms with E-state index in [2.05, 4.69) is 5.32 Å². The molecule has 1 heterocycles. The Hall–Kier alpha value is -3.20. The number of carboxylic acid groups (broad SMARTS) is 1. The summed E-state index contributed by atoms with van der Waals surface area (Å²) in [5.74, 6) is -2.28. The van der Waals surface area contributed by atoms with E-state index in [1.807, 2.05) is 61.9 Å². The van der Waals surface area contributed by atoms with Gasteiger partial charge in [0.25, 0.3) is 0 Å². The van der Waals surface area contributed by atoms with E-state index in [4.69, 9.17) is 9.47 Å². The second-order valence-corrected chi connectivity index (χ2v) is 10.9. The highest BCUT2D eigenvalue weighted by Gasteiger charge is 2.46. The van der Waals surface area contributed by atoms with E-state index in [1.54, 1.807) is 24.2 Å². The van der Waals surface area contributed by atoms with Crippen molar-refractivity contribution in [1.82, 2.24) is 9.88 Å². The molecule has 0 radical (unpaired) electrons. The summed E-state index contributed by atoms with van der Waals surface area (Å²) in [6, 6.07) is 8.58. The molecular formula is C28H40N3O6+. The van der Waals surface area contributed by atoms with Crippen LogP contribution >= 0.6 is 0 Å². The predicted molar refractivity (Wildman–Crippen MR) is 137 cm³/mol. The average Bonchev–Trinajstić information content (AvgIpc) is 3.51. The van der Waals surface area contributed by atoms with E-state index in [-0.39, 0.29) is 18.4 Å². The molecule has 1 aromatic heterocycles. The predicted octanol–water partition coefficient (Wildman–Crippen LogP) is 3.28. The summed E-state index contributed by atoms with van der Waals surface area (Å²) in [6.45, 7) is 5.90. The number of methoxy groups -OCH3 is 1. The van der Waals surface area contributed by atoms with Crippen molar-refractivity contribution in [3.8, 4) is 5.69 Å². The van der Waals surface area contributed by atoms with Gasteiger partial charge in [-0.15, -0.1) is 0 Å². The van der Waals surface area contributed by atoms with Crippen LogP contribution in [0.1, 0.15) is 59.3 Å². The Morgan fingerprint density at radius 2 is 1.84 bits per heavy atom. The number of hydrogen-bond acceptors (Lipinski definition) is 5. The Morgan fingerprint density at radius 1 is 1.16 bits per heavy atom. The maximum absolute atomic E-state index is 13.6. The number of benzene rings is 1. The van der Waals surface area contributed by atoms with Gasteiger partial charge in [0, 0.05) is 13.7 Å². The number of aliphatic carboxylic acids is 1. The number of esters is 1. The zero-order valence-electron chi connectivity index (χ0n) is 22.3. The number of para-hydroxylation sites is 1. The maximum atomic E-state index is 13.6. The molecule has 2 atom stereocenters. The topological polar surface area (TPSA) is 111 Å². The van der Waals surface area contributed by atoms with Gasteiger partial charge in [-0.25, -0.2) is 13.9 Å². The average molecular weight is 515 g/mol. The molecule has 202 valence electrons. The Kier molecular flexibility index (Phi) is 9.48. The highest BCUT2D eigenvalue weighted by atomic mass is 16.6. The van der Waals surface area contributed by atoms with Gasteiger partial charge < -0.3 is 19.9 Å². The Balaban J connectivity index is 1.75. The van der Waals surface area contributed by atoms with Crippen molar-refractivity contribution in [2.45, 2.75) is 77.5 Å². The van der Waals surface area contributed by atoms with Crippen LogP contribution in [0, 0.1) is 11.3 Å². The van der Waals surface area contributed by atoms with Crippen molar-refractivity contribution in [1.29, 1.82) is 0 Å². The summed E-state index contributed by atoms with van der Waals surface area (Å²) in [7, 11) is 1.57. The number of carbonyl (C=O) groups excluding carboxylic acids is 2. The minimum absolute atomic E-state index is 0.0795. The molecule has 0 spiro atoms. The lowest BCUT2D eigenvalue weighted by Crippen LogP contribution is -2.54. The van der Waals surface area contributed by atoms with Gasteiger partial charge in [0.2, 0.25) is 12.2 Å². The highest BCUT2D eigenvalue weighted by molar-refractivity contribution is 5.88. The van der Waals surface area contributed by atoms with Crippen molar-refractivity contribution in [2.75, 3.05) is 13.7 Å². The monoisotopic (exact) mass is 514 g/mol. The van der Waals surface area contributed by atoms with E-state index >= 15 is 0 Å². The molecule has 0 aliphatic heterocycles. The number of amides is 1. The van der Waals surface area contributed by atoms with E-state index in [0.717, 1.165) is 18.5 Å². The van der Waals surface area contributed by atoms with Crippen molar-refractivity contribution < 1.29 is 33.5 Å². The minimum Gasteiger partial charge on any atom is -0.480 e. The third-order valence-electron chi connectivity index (χ3n) is 6.83. The number of aromatic nitrogens is 2. The second kappa shape index (κ2) is 12.4. The molecule has 9 nitrogen and oxygen atoms in total. The summed E-state index contributed by atoms with van der Waals surface area (Å²) in [4.78, 5) is 38.8.